The lowest BCUT2D eigenvalue weighted by Crippen LogP contribution is -2.39. The Kier molecular flexibility index (Phi) is 6.23. The summed E-state index contributed by atoms with van der Waals surface area (Å²) in [4.78, 5) is 26.4. The van der Waals surface area contributed by atoms with Crippen LogP contribution in [-0.4, -0.2) is 43.1 Å². The van der Waals surface area contributed by atoms with Crippen LogP contribution in [0.2, 0.25) is 4.34 Å². The van der Waals surface area contributed by atoms with Gasteiger partial charge in [0.15, 0.2) is 0 Å². The summed E-state index contributed by atoms with van der Waals surface area (Å²) >= 11 is 7.25. The number of hydrogen-bond donors (Lipinski definition) is 1. The van der Waals surface area contributed by atoms with Crippen molar-refractivity contribution in [1.29, 1.82) is 0 Å². The van der Waals surface area contributed by atoms with E-state index in [0.29, 0.717) is 21.0 Å². The summed E-state index contributed by atoms with van der Waals surface area (Å²) in [6.45, 7) is 1.54. The molecule has 5 nitrogen and oxygen atoms in total. The number of nitrogens with zero attached hydrogens (tertiary/aromatic N) is 1. The van der Waals surface area contributed by atoms with E-state index < -0.39 is 0 Å². The Morgan fingerprint density at radius 3 is 2.60 bits per heavy atom. The first-order valence-corrected chi connectivity index (χ1v) is 10.2. The second-order valence-corrected chi connectivity index (χ2v) is 8.71. The monoisotopic (exact) mass is 384 g/mol. The Morgan fingerprint density at radius 1 is 1.32 bits per heavy atom. The summed E-state index contributed by atoms with van der Waals surface area (Å²) in [7, 11) is 1.43. The third-order valence-corrected chi connectivity index (χ3v) is 6.47. The number of thiophene rings is 1. The molecular weight excluding hydrogens is 360 g/mol. The molecule has 3 rings (SSSR count). The molecule has 0 radical (unpaired) electrons. The number of rotatable bonds is 6. The van der Waals surface area contributed by atoms with Crippen LogP contribution in [0.25, 0.3) is 0 Å². The lowest BCUT2D eigenvalue weighted by atomic mass is 9.90. The van der Waals surface area contributed by atoms with Gasteiger partial charge in [0.05, 0.1) is 16.3 Å². The number of nitrogens with one attached hydrogen (secondary N) is 1. The van der Waals surface area contributed by atoms with Gasteiger partial charge in [-0.2, -0.15) is 0 Å². The molecule has 1 aromatic heterocycles. The summed E-state index contributed by atoms with van der Waals surface area (Å²) in [5.41, 5.74) is 0. The Hall–Kier alpha value is -1.27. The molecule has 1 aliphatic heterocycles. The standard InChI is InChI=1S/C18H25ClN2O3S/c1-24-18(23)21-10-8-12(9-11-21)2-5-14(13-3-4-13)20-17(22)15-6-7-16(19)25-15/h6-7,12-14H,2-5,8-11H2,1H3,(H,20,22)/t14-/m1/s1. The van der Waals surface area contributed by atoms with E-state index in [9.17, 15) is 9.59 Å². The van der Waals surface area contributed by atoms with Crippen LogP contribution in [0, 0.1) is 11.8 Å². The molecule has 0 aromatic carbocycles. The first-order chi connectivity index (χ1) is 12.1. The summed E-state index contributed by atoms with van der Waals surface area (Å²) in [5, 5.41) is 3.21. The second kappa shape index (κ2) is 8.41. The van der Waals surface area contributed by atoms with Gasteiger partial charge in [0.1, 0.15) is 0 Å². The first kappa shape index (κ1) is 18.5. The molecule has 1 atom stereocenters. The van der Waals surface area contributed by atoms with E-state index in [1.165, 1.54) is 31.3 Å². The number of halogens is 1. The van der Waals surface area contributed by atoms with Gasteiger partial charge < -0.3 is 15.0 Å². The third kappa shape index (κ3) is 5.11. The highest BCUT2D eigenvalue weighted by molar-refractivity contribution is 7.18. The van der Waals surface area contributed by atoms with Crippen LogP contribution in [0.3, 0.4) is 0 Å². The van der Waals surface area contributed by atoms with Crippen molar-refractivity contribution in [2.24, 2.45) is 11.8 Å². The quantitative estimate of drug-likeness (QED) is 0.800. The summed E-state index contributed by atoms with van der Waals surface area (Å²) in [6.07, 6.45) is 6.33. The highest BCUT2D eigenvalue weighted by Crippen LogP contribution is 2.36. The first-order valence-electron chi connectivity index (χ1n) is 8.96. The maximum Gasteiger partial charge on any atom is 0.409 e. The van der Waals surface area contributed by atoms with Crippen molar-refractivity contribution in [3.63, 3.8) is 0 Å². The van der Waals surface area contributed by atoms with Crippen molar-refractivity contribution < 1.29 is 14.3 Å². The Morgan fingerprint density at radius 2 is 2.04 bits per heavy atom. The molecule has 2 aliphatic rings. The minimum absolute atomic E-state index is 0.00527. The van der Waals surface area contributed by atoms with Crippen molar-refractivity contribution in [1.82, 2.24) is 10.2 Å². The fourth-order valence-electron chi connectivity index (χ4n) is 3.55. The van der Waals surface area contributed by atoms with Crippen molar-refractivity contribution in [3.05, 3.63) is 21.3 Å². The number of amides is 2. The number of methoxy groups -OCH3 is 1. The molecule has 2 amide bonds. The van der Waals surface area contributed by atoms with Gasteiger partial charge in [-0.3, -0.25) is 4.79 Å². The molecule has 138 valence electrons. The van der Waals surface area contributed by atoms with Crippen LogP contribution in [0.1, 0.15) is 48.2 Å². The lowest BCUT2D eigenvalue weighted by molar-refractivity contribution is 0.0921. The fourth-order valence-corrected chi connectivity index (χ4v) is 4.49. The van der Waals surface area contributed by atoms with Crippen molar-refractivity contribution in [2.75, 3.05) is 20.2 Å². The normalized spacial score (nSPS) is 19.5. The maximum absolute atomic E-state index is 12.4. The average Bonchev–Trinajstić information content (AvgIpc) is 3.38. The SMILES string of the molecule is COC(=O)N1CCC(CC[C@@H](NC(=O)c2ccc(Cl)s2)C2CC2)CC1. The molecule has 1 N–H and O–H groups in total. The van der Waals surface area contributed by atoms with Gasteiger partial charge >= 0.3 is 6.09 Å². The molecule has 0 unspecified atom stereocenters. The van der Waals surface area contributed by atoms with E-state index in [2.05, 4.69) is 5.32 Å². The molecule has 0 bridgehead atoms. The predicted octanol–water partition coefficient (Wildman–Crippen LogP) is 4.17. The largest absolute Gasteiger partial charge is 0.453 e. The van der Waals surface area contributed by atoms with Crippen molar-refractivity contribution >= 4 is 34.9 Å². The summed E-state index contributed by atoms with van der Waals surface area (Å²) in [5.74, 6) is 1.24. The molecule has 2 heterocycles. The van der Waals surface area contributed by atoms with Gasteiger partial charge in [-0.05, 0) is 62.5 Å². The highest BCUT2D eigenvalue weighted by Gasteiger charge is 2.33. The minimum Gasteiger partial charge on any atom is -0.453 e. The Balaban J connectivity index is 1.45. The zero-order chi connectivity index (χ0) is 17.8. The van der Waals surface area contributed by atoms with Gasteiger partial charge in [0.25, 0.3) is 5.91 Å². The molecule has 2 fully saturated rings. The number of carbonyl (C=O) groups excluding carboxylic acids is 2. The van der Waals surface area contributed by atoms with Gasteiger partial charge in [-0.25, -0.2) is 4.79 Å². The van der Waals surface area contributed by atoms with E-state index >= 15 is 0 Å². The van der Waals surface area contributed by atoms with Gasteiger partial charge in [0, 0.05) is 19.1 Å². The molecule has 1 aliphatic carbocycles. The number of ether oxygens (including phenoxy) is 1. The number of piperidine rings is 1. The van der Waals surface area contributed by atoms with Gasteiger partial charge in [-0.1, -0.05) is 11.6 Å². The molecule has 25 heavy (non-hydrogen) atoms. The Bertz CT molecular complexity index is 609. The van der Waals surface area contributed by atoms with E-state index in [-0.39, 0.29) is 18.0 Å². The van der Waals surface area contributed by atoms with E-state index in [4.69, 9.17) is 16.3 Å². The van der Waals surface area contributed by atoms with Crippen LogP contribution in [-0.2, 0) is 4.74 Å². The van der Waals surface area contributed by atoms with E-state index in [1.54, 1.807) is 17.0 Å². The fraction of sp³-hybridized carbons (Fsp3) is 0.667. The van der Waals surface area contributed by atoms with Crippen LogP contribution in [0.15, 0.2) is 12.1 Å². The minimum atomic E-state index is -0.226. The van der Waals surface area contributed by atoms with Crippen LogP contribution >= 0.6 is 22.9 Å². The second-order valence-electron chi connectivity index (χ2n) is 7.00. The Labute approximate surface area is 157 Å². The van der Waals surface area contributed by atoms with Crippen LogP contribution in [0.4, 0.5) is 4.79 Å². The zero-order valence-electron chi connectivity index (χ0n) is 14.5. The topological polar surface area (TPSA) is 58.6 Å². The molecule has 1 aromatic rings. The van der Waals surface area contributed by atoms with E-state index in [0.717, 1.165) is 38.8 Å². The lowest BCUT2D eigenvalue weighted by Gasteiger charge is -2.31. The van der Waals surface area contributed by atoms with Gasteiger partial charge in [0.2, 0.25) is 0 Å². The molecular formula is C18H25ClN2O3S. The molecule has 1 saturated carbocycles. The number of likely N-dealkylation sites (tertiary alicyclic amines) is 1. The average molecular weight is 385 g/mol. The predicted molar refractivity (Wildman–Crippen MR) is 99.2 cm³/mol. The van der Waals surface area contributed by atoms with E-state index in [1.807, 2.05) is 0 Å². The molecule has 7 heteroatoms. The zero-order valence-corrected chi connectivity index (χ0v) is 16.1. The van der Waals surface area contributed by atoms with Gasteiger partial charge in [-0.15, -0.1) is 11.3 Å². The third-order valence-electron chi connectivity index (χ3n) is 5.24. The maximum atomic E-state index is 12.4. The molecule has 0 spiro atoms. The highest BCUT2D eigenvalue weighted by atomic mass is 35.5. The van der Waals surface area contributed by atoms with Crippen LogP contribution < -0.4 is 5.32 Å². The summed E-state index contributed by atoms with van der Waals surface area (Å²) < 4.78 is 5.43. The van der Waals surface area contributed by atoms with Crippen LogP contribution in [0.5, 0.6) is 0 Å². The smallest absolute Gasteiger partial charge is 0.409 e. The van der Waals surface area contributed by atoms with Crippen molar-refractivity contribution in [2.45, 2.75) is 44.6 Å². The summed E-state index contributed by atoms with van der Waals surface area (Å²) in [6, 6.07) is 3.81. The molecule has 1 saturated heterocycles. The van der Waals surface area contributed by atoms with Crippen molar-refractivity contribution in [3.8, 4) is 0 Å². The number of carbonyl (C=O) groups is 2. The number of hydrogen-bond acceptors (Lipinski definition) is 4.